The van der Waals surface area contributed by atoms with E-state index in [-0.39, 0.29) is 17.9 Å². The molecule has 17 heavy (non-hydrogen) atoms. The highest BCUT2D eigenvalue weighted by Gasteiger charge is 2.16. The molecule has 0 saturated heterocycles. The van der Waals surface area contributed by atoms with Gasteiger partial charge in [0, 0.05) is 18.5 Å². The van der Waals surface area contributed by atoms with Gasteiger partial charge in [0.1, 0.15) is 0 Å². The first-order valence-electron chi connectivity index (χ1n) is 5.57. The van der Waals surface area contributed by atoms with Crippen molar-refractivity contribution in [3.63, 3.8) is 0 Å². The molecule has 0 fully saturated rings. The number of rotatable bonds is 4. The molecule has 1 rings (SSSR count). The molecule has 0 aromatic heterocycles. The van der Waals surface area contributed by atoms with Crippen LogP contribution in [0.1, 0.15) is 25.0 Å². The van der Waals surface area contributed by atoms with Crippen molar-refractivity contribution in [3.8, 4) is 6.07 Å². The van der Waals surface area contributed by atoms with Gasteiger partial charge in [-0.3, -0.25) is 4.79 Å². The van der Waals surface area contributed by atoms with Crippen LogP contribution in [0.2, 0.25) is 0 Å². The van der Waals surface area contributed by atoms with Crippen molar-refractivity contribution in [2.45, 2.75) is 26.4 Å². The summed E-state index contributed by atoms with van der Waals surface area (Å²) in [7, 11) is 0. The summed E-state index contributed by atoms with van der Waals surface area (Å²) in [5.74, 6) is -0.281. The van der Waals surface area contributed by atoms with Gasteiger partial charge in [-0.2, -0.15) is 5.26 Å². The Bertz CT molecular complexity index is 435. The van der Waals surface area contributed by atoms with Crippen LogP contribution in [0.4, 0.5) is 0 Å². The summed E-state index contributed by atoms with van der Waals surface area (Å²) < 4.78 is 0. The van der Waals surface area contributed by atoms with E-state index in [1.165, 1.54) is 0 Å². The van der Waals surface area contributed by atoms with Crippen molar-refractivity contribution in [1.29, 1.82) is 5.26 Å². The number of amides is 1. The predicted octanol–water partition coefficient (Wildman–Crippen LogP) is 1.16. The highest BCUT2D eigenvalue weighted by Crippen LogP contribution is 2.05. The van der Waals surface area contributed by atoms with Crippen molar-refractivity contribution in [2.24, 2.45) is 11.7 Å². The molecule has 0 bridgehead atoms. The largest absolute Gasteiger partial charge is 0.352 e. The highest BCUT2D eigenvalue weighted by atomic mass is 16.1. The van der Waals surface area contributed by atoms with Gasteiger partial charge in [0.05, 0.1) is 11.6 Å². The smallest absolute Gasteiger partial charge is 0.224 e. The van der Waals surface area contributed by atoms with Crippen molar-refractivity contribution in [2.75, 3.05) is 0 Å². The van der Waals surface area contributed by atoms with Gasteiger partial charge >= 0.3 is 0 Å². The summed E-state index contributed by atoms with van der Waals surface area (Å²) in [4.78, 5) is 11.7. The van der Waals surface area contributed by atoms with Gasteiger partial charge in [-0.05, 0) is 24.6 Å². The maximum absolute atomic E-state index is 11.7. The molecule has 0 aliphatic heterocycles. The molecule has 0 radical (unpaired) electrons. The molecule has 2 atom stereocenters. The lowest BCUT2D eigenvalue weighted by Gasteiger charge is -2.15. The fraction of sp³-hybridized carbons (Fsp3) is 0.385. The zero-order chi connectivity index (χ0) is 12.8. The third-order valence-corrected chi connectivity index (χ3v) is 2.73. The van der Waals surface area contributed by atoms with E-state index in [2.05, 4.69) is 11.4 Å². The fourth-order valence-electron chi connectivity index (χ4n) is 1.34. The van der Waals surface area contributed by atoms with Crippen LogP contribution >= 0.6 is 0 Å². The second kappa shape index (κ2) is 6.02. The van der Waals surface area contributed by atoms with Gasteiger partial charge in [0.15, 0.2) is 0 Å². The van der Waals surface area contributed by atoms with E-state index in [9.17, 15) is 4.79 Å². The molecule has 2 unspecified atom stereocenters. The van der Waals surface area contributed by atoms with Gasteiger partial charge < -0.3 is 11.1 Å². The highest BCUT2D eigenvalue weighted by molar-refractivity contribution is 5.78. The molecule has 0 saturated carbocycles. The molecule has 1 amide bonds. The van der Waals surface area contributed by atoms with Crippen LogP contribution in [-0.4, -0.2) is 11.9 Å². The predicted molar refractivity (Wildman–Crippen MR) is 65.8 cm³/mol. The molecule has 1 aromatic carbocycles. The number of nitriles is 1. The zero-order valence-corrected chi connectivity index (χ0v) is 10.1. The van der Waals surface area contributed by atoms with E-state index in [4.69, 9.17) is 11.0 Å². The molecule has 0 aliphatic rings. The molecule has 0 aliphatic carbocycles. The summed E-state index contributed by atoms with van der Waals surface area (Å²) in [6.07, 6.45) is 0. The first-order valence-corrected chi connectivity index (χ1v) is 5.57. The normalized spacial score (nSPS) is 13.5. The van der Waals surface area contributed by atoms with E-state index in [1.807, 2.05) is 6.07 Å². The van der Waals surface area contributed by atoms with Gasteiger partial charge in [-0.25, -0.2) is 0 Å². The number of nitrogens with one attached hydrogen (secondary N) is 1. The third-order valence-electron chi connectivity index (χ3n) is 2.73. The van der Waals surface area contributed by atoms with Crippen molar-refractivity contribution < 1.29 is 4.79 Å². The quantitative estimate of drug-likeness (QED) is 0.816. The lowest BCUT2D eigenvalue weighted by molar-refractivity contribution is -0.125. The zero-order valence-electron chi connectivity index (χ0n) is 10.1. The monoisotopic (exact) mass is 231 g/mol. The molecular weight excluding hydrogens is 214 g/mol. The first-order chi connectivity index (χ1) is 8.04. The van der Waals surface area contributed by atoms with Crippen LogP contribution in [0.25, 0.3) is 0 Å². The Morgan fingerprint density at radius 3 is 2.82 bits per heavy atom. The van der Waals surface area contributed by atoms with Gasteiger partial charge in [0.25, 0.3) is 0 Å². The first kappa shape index (κ1) is 13.2. The van der Waals surface area contributed by atoms with E-state index in [0.717, 1.165) is 5.56 Å². The number of nitrogens with two attached hydrogens (primary N) is 1. The Hall–Kier alpha value is -1.86. The summed E-state index contributed by atoms with van der Waals surface area (Å²) in [6.45, 7) is 4.03. The van der Waals surface area contributed by atoms with Gasteiger partial charge in [0.2, 0.25) is 5.91 Å². The molecule has 1 aromatic rings. The number of hydrogen-bond acceptors (Lipinski definition) is 3. The molecule has 0 spiro atoms. The van der Waals surface area contributed by atoms with Crippen LogP contribution in [0.5, 0.6) is 0 Å². The average Bonchev–Trinajstić information content (AvgIpc) is 2.35. The summed E-state index contributed by atoms with van der Waals surface area (Å²) in [6, 6.07) is 9.06. The Kier molecular flexibility index (Phi) is 4.68. The van der Waals surface area contributed by atoms with Crippen LogP contribution in [0, 0.1) is 17.2 Å². The lowest BCUT2D eigenvalue weighted by atomic mass is 10.0. The maximum Gasteiger partial charge on any atom is 0.224 e. The second-order valence-electron chi connectivity index (χ2n) is 4.18. The number of carbonyl (C=O) groups is 1. The Morgan fingerprint density at radius 2 is 2.24 bits per heavy atom. The Balaban J connectivity index is 2.56. The van der Waals surface area contributed by atoms with Crippen LogP contribution in [-0.2, 0) is 11.3 Å². The molecule has 0 heterocycles. The Labute approximate surface area is 101 Å². The molecule has 4 heteroatoms. The van der Waals surface area contributed by atoms with Crippen molar-refractivity contribution >= 4 is 5.91 Å². The molecule has 90 valence electrons. The van der Waals surface area contributed by atoms with E-state index >= 15 is 0 Å². The number of hydrogen-bond donors (Lipinski definition) is 2. The van der Waals surface area contributed by atoms with Crippen LogP contribution in [0.3, 0.4) is 0 Å². The standard InChI is InChI=1S/C13H17N3O/c1-9(10(2)15)13(17)16-8-12-5-3-4-11(6-12)7-14/h3-6,9-10H,8,15H2,1-2H3,(H,16,17). The van der Waals surface area contributed by atoms with Crippen molar-refractivity contribution in [1.82, 2.24) is 5.32 Å². The summed E-state index contributed by atoms with van der Waals surface area (Å²) >= 11 is 0. The van der Waals surface area contributed by atoms with E-state index in [0.29, 0.717) is 12.1 Å². The van der Waals surface area contributed by atoms with Gasteiger partial charge in [-0.1, -0.05) is 19.1 Å². The van der Waals surface area contributed by atoms with E-state index in [1.54, 1.807) is 32.0 Å². The summed E-state index contributed by atoms with van der Waals surface area (Å²) in [5.41, 5.74) is 7.15. The summed E-state index contributed by atoms with van der Waals surface area (Å²) in [5, 5.41) is 11.5. The topological polar surface area (TPSA) is 78.9 Å². The number of nitrogens with zero attached hydrogens (tertiary/aromatic N) is 1. The molecular formula is C13H17N3O. The van der Waals surface area contributed by atoms with Crippen molar-refractivity contribution in [3.05, 3.63) is 35.4 Å². The third kappa shape index (κ3) is 3.89. The Morgan fingerprint density at radius 1 is 1.53 bits per heavy atom. The minimum absolute atomic E-state index is 0.0673. The lowest BCUT2D eigenvalue weighted by Crippen LogP contribution is -2.38. The second-order valence-corrected chi connectivity index (χ2v) is 4.18. The van der Waals surface area contributed by atoms with Gasteiger partial charge in [-0.15, -0.1) is 0 Å². The SMILES string of the molecule is CC(N)C(C)C(=O)NCc1cccc(C#N)c1. The molecule has 3 N–H and O–H groups in total. The average molecular weight is 231 g/mol. The van der Waals surface area contributed by atoms with Crippen LogP contribution < -0.4 is 11.1 Å². The minimum atomic E-state index is -0.214. The van der Waals surface area contributed by atoms with E-state index < -0.39 is 0 Å². The number of benzene rings is 1. The maximum atomic E-state index is 11.7. The molecule has 4 nitrogen and oxygen atoms in total. The number of carbonyl (C=O) groups excluding carboxylic acids is 1. The fourth-order valence-corrected chi connectivity index (χ4v) is 1.34. The minimum Gasteiger partial charge on any atom is -0.352 e. The van der Waals surface area contributed by atoms with Crippen LogP contribution in [0.15, 0.2) is 24.3 Å².